The number of ether oxygens (including phenoxy) is 2. The van der Waals surface area contributed by atoms with Gasteiger partial charge in [-0.05, 0) is 29.2 Å². The van der Waals surface area contributed by atoms with E-state index in [-0.39, 0.29) is 18.3 Å². The predicted molar refractivity (Wildman–Crippen MR) is 74.0 cm³/mol. The number of carboxylic acid groups (broad SMARTS) is 1. The SMILES string of the molecule is COCOc1ccc(/C(=C(\C#N)C(=O)O)C(C)C)cc1. The first-order valence-corrected chi connectivity index (χ1v) is 6.11. The molecule has 0 aliphatic heterocycles. The molecule has 0 amide bonds. The zero-order valence-corrected chi connectivity index (χ0v) is 11.7. The molecule has 0 saturated heterocycles. The lowest BCUT2D eigenvalue weighted by atomic mass is 9.91. The van der Waals surface area contributed by atoms with Crippen LogP contribution in [0.15, 0.2) is 29.8 Å². The lowest BCUT2D eigenvalue weighted by Crippen LogP contribution is -2.06. The second kappa shape index (κ2) is 7.31. The maximum absolute atomic E-state index is 11.1. The van der Waals surface area contributed by atoms with Crippen molar-refractivity contribution in [3.05, 3.63) is 35.4 Å². The molecule has 0 heterocycles. The molecule has 5 heteroatoms. The Hall–Kier alpha value is -2.32. The van der Waals surface area contributed by atoms with Gasteiger partial charge in [-0.1, -0.05) is 26.0 Å². The number of aliphatic carboxylic acids is 1. The van der Waals surface area contributed by atoms with E-state index in [0.717, 1.165) is 0 Å². The molecule has 1 aromatic carbocycles. The molecule has 1 N–H and O–H groups in total. The third-order valence-electron chi connectivity index (χ3n) is 2.68. The van der Waals surface area contributed by atoms with Gasteiger partial charge in [0.15, 0.2) is 6.79 Å². The Labute approximate surface area is 118 Å². The van der Waals surface area contributed by atoms with Crippen molar-refractivity contribution in [1.82, 2.24) is 0 Å². The van der Waals surface area contributed by atoms with Crippen LogP contribution >= 0.6 is 0 Å². The molecule has 5 nitrogen and oxygen atoms in total. The van der Waals surface area contributed by atoms with Gasteiger partial charge in [0.1, 0.15) is 17.4 Å². The molecular formula is C15H17NO4. The fraction of sp³-hybridized carbons (Fsp3) is 0.333. The summed E-state index contributed by atoms with van der Waals surface area (Å²) in [6, 6.07) is 8.66. The standard InChI is InChI=1S/C15H17NO4/c1-10(2)14(13(8-16)15(17)18)11-4-6-12(7-5-11)20-9-19-3/h4-7,10H,9H2,1-3H3,(H,17,18)/b14-13+. The highest BCUT2D eigenvalue weighted by Gasteiger charge is 2.18. The Morgan fingerprint density at radius 3 is 2.35 bits per heavy atom. The summed E-state index contributed by atoms with van der Waals surface area (Å²) < 4.78 is 10.1. The van der Waals surface area contributed by atoms with Gasteiger partial charge >= 0.3 is 5.97 Å². The average Bonchev–Trinajstić information content (AvgIpc) is 2.42. The second-order valence-corrected chi connectivity index (χ2v) is 4.44. The van der Waals surface area contributed by atoms with Crippen LogP contribution < -0.4 is 4.74 Å². The van der Waals surface area contributed by atoms with Crippen LogP contribution in [-0.4, -0.2) is 25.0 Å². The first-order chi connectivity index (χ1) is 9.51. The number of hydrogen-bond acceptors (Lipinski definition) is 4. The van der Waals surface area contributed by atoms with Crippen molar-refractivity contribution < 1.29 is 19.4 Å². The minimum Gasteiger partial charge on any atom is -0.477 e. The fourth-order valence-corrected chi connectivity index (χ4v) is 1.85. The van der Waals surface area contributed by atoms with Gasteiger partial charge in [0.2, 0.25) is 0 Å². The van der Waals surface area contributed by atoms with Crippen molar-refractivity contribution in [2.75, 3.05) is 13.9 Å². The van der Waals surface area contributed by atoms with Gasteiger partial charge in [-0.3, -0.25) is 0 Å². The van der Waals surface area contributed by atoms with Crippen molar-refractivity contribution in [1.29, 1.82) is 5.26 Å². The summed E-state index contributed by atoms with van der Waals surface area (Å²) in [5.41, 5.74) is 0.979. The summed E-state index contributed by atoms with van der Waals surface area (Å²) in [6.45, 7) is 3.85. The van der Waals surface area contributed by atoms with Crippen LogP contribution in [0.3, 0.4) is 0 Å². The van der Waals surface area contributed by atoms with Crippen molar-refractivity contribution >= 4 is 11.5 Å². The summed E-state index contributed by atoms with van der Waals surface area (Å²) >= 11 is 0. The van der Waals surface area contributed by atoms with E-state index < -0.39 is 5.97 Å². The Bertz CT molecular complexity index is 538. The number of rotatable bonds is 6. The van der Waals surface area contributed by atoms with Gasteiger partial charge in [-0.15, -0.1) is 0 Å². The number of hydrogen-bond donors (Lipinski definition) is 1. The average molecular weight is 275 g/mol. The van der Waals surface area contributed by atoms with Crippen LogP contribution in [0.4, 0.5) is 0 Å². The molecule has 1 aromatic rings. The molecule has 0 saturated carbocycles. The molecule has 0 spiro atoms. The molecule has 0 unspecified atom stereocenters. The summed E-state index contributed by atoms with van der Waals surface area (Å²) in [5, 5.41) is 18.1. The molecule has 1 rings (SSSR count). The van der Waals surface area contributed by atoms with E-state index in [2.05, 4.69) is 0 Å². The summed E-state index contributed by atoms with van der Waals surface area (Å²) in [4.78, 5) is 11.1. The van der Waals surface area contributed by atoms with Gasteiger partial charge in [-0.25, -0.2) is 4.79 Å². The van der Waals surface area contributed by atoms with Gasteiger partial charge in [0, 0.05) is 7.11 Å². The molecule has 20 heavy (non-hydrogen) atoms. The smallest absolute Gasteiger partial charge is 0.346 e. The Morgan fingerprint density at radius 1 is 1.35 bits per heavy atom. The molecule has 0 aliphatic rings. The van der Waals surface area contributed by atoms with Gasteiger partial charge in [-0.2, -0.15) is 5.26 Å². The van der Waals surface area contributed by atoms with Crippen LogP contribution in [0, 0.1) is 17.2 Å². The quantitative estimate of drug-likeness (QED) is 0.490. The van der Waals surface area contributed by atoms with E-state index in [1.807, 2.05) is 13.8 Å². The normalized spacial score (nSPS) is 11.8. The highest BCUT2D eigenvalue weighted by atomic mass is 16.7. The Morgan fingerprint density at radius 2 is 1.95 bits per heavy atom. The monoisotopic (exact) mass is 275 g/mol. The van der Waals surface area contributed by atoms with Crippen molar-refractivity contribution in [3.63, 3.8) is 0 Å². The first kappa shape index (κ1) is 15.7. The number of benzene rings is 1. The van der Waals surface area contributed by atoms with E-state index in [0.29, 0.717) is 16.9 Å². The summed E-state index contributed by atoms with van der Waals surface area (Å²) in [5.74, 6) is -0.671. The zero-order chi connectivity index (χ0) is 15.1. The maximum atomic E-state index is 11.1. The molecule has 0 radical (unpaired) electrons. The minimum atomic E-state index is -1.21. The lowest BCUT2D eigenvalue weighted by molar-refractivity contribution is -0.132. The van der Waals surface area contributed by atoms with Crippen LogP contribution in [0.1, 0.15) is 19.4 Å². The van der Waals surface area contributed by atoms with E-state index >= 15 is 0 Å². The Kier molecular flexibility index (Phi) is 5.75. The summed E-state index contributed by atoms with van der Waals surface area (Å²) in [6.07, 6.45) is 0. The minimum absolute atomic E-state index is 0.0773. The molecular weight excluding hydrogens is 258 g/mol. The van der Waals surface area contributed by atoms with E-state index in [4.69, 9.17) is 19.8 Å². The van der Waals surface area contributed by atoms with E-state index in [9.17, 15) is 4.79 Å². The van der Waals surface area contributed by atoms with Crippen LogP contribution in [0.25, 0.3) is 5.57 Å². The molecule has 106 valence electrons. The van der Waals surface area contributed by atoms with Gasteiger partial charge < -0.3 is 14.6 Å². The van der Waals surface area contributed by atoms with Gasteiger partial charge in [0.25, 0.3) is 0 Å². The van der Waals surface area contributed by atoms with Crippen molar-refractivity contribution in [2.45, 2.75) is 13.8 Å². The zero-order valence-electron chi connectivity index (χ0n) is 11.7. The van der Waals surface area contributed by atoms with Gasteiger partial charge in [0.05, 0.1) is 0 Å². The number of methoxy groups -OCH3 is 1. The Balaban J connectivity index is 3.18. The second-order valence-electron chi connectivity index (χ2n) is 4.44. The molecule has 0 fully saturated rings. The van der Waals surface area contributed by atoms with Crippen LogP contribution in [0.5, 0.6) is 5.75 Å². The van der Waals surface area contributed by atoms with Crippen LogP contribution in [-0.2, 0) is 9.53 Å². The number of carboxylic acids is 1. The molecule has 0 atom stereocenters. The third-order valence-corrected chi connectivity index (χ3v) is 2.68. The number of carbonyl (C=O) groups is 1. The third kappa shape index (κ3) is 3.84. The van der Waals surface area contributed by atoms with Crippen molar-refractivity contribution in [2.24, 2.45) is 5.92 Å². The molecule has 0 bridgehead atoms. The van der Waals surface area contributed by atoms with E-state index in [1.165, 1.54) is 7.11 Å². The number of nitriles is 1. The summed E-state index contributed by atoms with van der Waals surface area (Å²) in [7, 11) is 1.53. The van der Waals surface area contributed by atoms with Crippen molar-refractivity contribution in [3.8, 4) is 11.8 Å². The highest BCUT2D eigenvalue weighted by molar-refractivity contribution is 6.00. The molecule has 0 aromatic heterocycles. The number of nitrogens with zero attached hydrogens (tertiary/aromatic N) is 1. The topological polar surface area (TPSA) is 79.5 Å². The molecule has 0 aliphatic carbocycles. The van der Waals surface area contributed by atoms with E-state index in [1.54, 1.807) is 30.3 Å². The predicted octanol–water partition coefficient (Wildman–Crippen LogP) is 2.69. The first-order valence-electron chi connectivity index (χ1n) is 6.11. The fourth-order valence-electron chi connectivity index (χ4n) is 1.85. The van der Waals surface area contributed by atoms with Crippen LogP contribution in [0.2, 0.25) is 0 Å². The largest absolute Gasteiger partial charge is 0.477 e. The maximum Gasteiger partial charge on any atom is 0.346 e. The lowest BCUT2D eigenvalue weighted by Gasteiger charge is -2.13. The number of allylic oxidation sites excluding steroid dienone is 1. The highest BCUT2D eigenvalue weighted by Crippen LogP contribution is 2.28.